The Morgan fingerprint density at radius 1 is 1.35 bits per heavy atom. The summed E-state index contributed by atoms with van der Waals surface area (Å²) in [6, 6.07) is 8.28. The molecule has 1 aromatic rings. The van der Waals surface area contributed by atoms with Crippen LogP contribution in [-0.4, -0.2) is 32.7 Å². The molecule has 0 bridgehead atoms. The van der Waals surface area contributed by atoms with E-state index in [2.05, 4.69) is 31.3 Å². The summed E-state index contributed by atoms with van der Waals surface area (Å²) in [5.74, 6) is 2.02. The zero-order chi connectivity index (χ0) is 16.7. The van der Waals surface area contributed by atoms with E-state index in [4.69, 9.17) is 4.74 Å². The van der Waals surface area contributed by atoms with E-state index in [0.29, 0.717) is 5.92 Å². The Hall–Kier alpha value is -1.55. The quantitative estimate of drug-likeness (QED) is 0.802. The molecule has 0 saturated carbocycles. The third kappa shape index (κ3) is 5.87. The molecule has 0 aromatic heterocycles. The largest absolute Gasteiger partial charge is 0.497 e. The minimum Gasteiger partial charge on any atom is -0.497 e. The Kier molecular flexibility index (Phi) is 6.90. The fourth-order valence-electron chi connectivity index (χ4n) is 3.16. The molecule has 4 nitrogen and oxygen atoms in total. The van der Waals surface area contributed by atoms with Crippen LogP contribution in [0.3, 0.4) is 0 Å². The average Bonchev–Trinajstić information content (AvgIpc) is 2.55. The van der Waals surface area contributed by atoms with Crippen LogP contribution in [0.5, 0.6) is 5.75 Å². The minimum atomic E-state index is 0.205. The molecule has 4 heteroatoms. The van der Waals surface area contributed by atoms with Crippen LogP contribution >= 0.6 is 0 Å². The Balaban J connectivity index is 1.74. The molecule has 1 amide bonds. The predicted molar refractivity (Wildman–Crippen MR) is 92.6 cm³/mol. The van der Waals surface area contributed by atoms with Crippen molar-refractivity contribution in [2.24, 2.45) is 11.8 Å². The zero-order valence-corrected chi connectivity index (χ0v) is 14.7. The Labute approximate surface area is 140 Å². The summed E-state index contributed by atoms with van der Waals surface area (Å²) >= 11 is 0. The molecule has 0 radical (unpaired) electrons. The Morgan fingerprint density at radius 2 is 2.09 bits per heavy atom. The Bertz CT molecular complexity index is 494. The lowest BCUT2D eigenvalue weighted by molar-refractivity contribution is -0.919. The molecule has 1 saturated heterocycles. The van der Waals surface area contributed by atoms with Crippen molar-refractivity contribution >= 4 is 5.91 Å². The first-order chi connectivity index (χ1) is 11.1. The summed E-state index contributed by atoms with van der Waals surface area (Å²) in [5.41, 5.74) is 1.30. The minimum absolute atomic E-state index is 0.205. The van der Waals surface area contributed by atoms with Gasteiger partial charge in [0.1, 0.15) is 12.3 Å². The average molecular weight is 319 g/mol. The molecular formula is C19H31N2O2+. The van der Waals surface area contributed by atoms with E-state index in [1.807, 2.05) is 12.1 Å². The first kappa shape index (κ1) is 17.8. The summed E-state index contributed by atoms with van der Waals surface area (Å²) in [6.07, 6.45) is 3.05. The molecule has 1 fully saturated rings. The lowest BCUT2D eigenvalue weighted by atomic mass is 9.95. The SMILES string of the molecule is COc1cccc(C[NH+]2CCC(C(=O)NCCC(C)C)CC2)c1. The number of benzene rings is 1. The maximum absolute atomic E-state index is 12.2. The van der Waals surface area contributed by atoms with Crippen molar-refractivity contribution in [3.8, 4) is 5.75 Å². The monoisotopic (exact) mass is 319 g/mol. The number of carbonyl (C=O) groups is 1. The lowest BCUT2D eigenvalue weighted by Gasteiger charge is -2.28. The van der Waals surface area contributed by atoms with Gasteiger partial charge in [0.15, 0.2) is 0 Å². The zero-order valence-electron chi connectivity index (χ0n) is 14.7. The van der Waals surface area contributed by atoms with Gasteiger partial charge in [0.25, 0.3) is 0 Å². The van der Waals surface area contributed by atoms with Crippen molar-refractivity contribution in [3.05, 3.63) is 29.8 Å². The van der Waals surface area contributed by atoms with Crippen molar-refractivity contribution in [3.63, 3.8) is 0 Å². The number of hydrogen-bond acceptors (Lipinski definition) is 2. The summed E-state index contributed by atoms with van der Waals surface area (Å²) in [4.78, 5) is 13.8. The van der Waals surface area contributed by atoms with Gasteiger partial charge in [-0.25, -0.2) is 0 Å². The van der Waals surface area contributed by atoms with Crippen LogP contribution in [0.15, 0.2) is 24.3 Å². The fraction of sp³-hybridized carbons (Fsp3) is 0.632. The Morgan fingerprint density at radius 3 is 2.74 bits per heavy atom. The maximum atomic E-state index is 12.2. The van der Waals surface area contributed by atoms with Crippen LogP contribution in [0.25, 0.3) is 0 Å². The van der Waals surface area contributed by atoms with Crippen LogP contribution in [0, 0.1) is 11.8 Å². The molecule has 1 heterocycles. The van der Waals surface area contributed by atoms with Gasteiger partial charge in [-0.05, 0) is 24.5 Å². The number of ether oxygens (including phenoxy) is 1. The second-order valence-corrected chi connectivity index (χ2v) is 7.03. The third-order valence-corrected chi connectivity index (χ3v) is 4.67. The van der Waals surface area contributed by atoms with Crippen molar-refractivity contribution in [1.82, 2.24) is 5.32 Å². The van der Waals surface area contributed by atoms with E-state index in [-0.39, 0.29) is 11.8 Å². The predicted octanol–water partition coefficient (Wildman–Crippen LogP) is 1.65. The topological polar surface area (TPSA) is 42.8 Å². The van der Waals surface area contributed by atoms with Gasteiger partial charge in [0.2, 0.25) is 5.91 Å². The second kappa shape index (κ2) is 8.92. The van der Waals surface area contributed by atoms with Crippen LogP contribution in [-0.2, 0) is 11.3 Å². The number of amides is 1. The van der Waals surface area contributed by atoms with Gasteiger partial charge < -0.3 is 15.0 Å². The lowest BCUT2D eigenvalue weighted by Crippen LogP contribution is -3.11. The molecule has 0 aliphatic carbocycles. The van der Waals surface area contributed by atoms with Crippen molar-refractivity contribution in [2.45, 2.75) is 39.7 Å². The summed E-state index contributed by atoms with van der Waals surface area (Å²) in [5, 5.41) is 3.10. The van der Waals surface area contributed by atoms with E-state index in [1.54, 1.807) is 12.0 Å². The molecule has 128 valence electrons. The van der Waals surface area contributed by atoms with Crippen LogP contribution in [0.2, 0.25) is 0 Å². The van der Waals surface area contributed by atoms with Crippen LogP contribution in [0.4, 0.5) is 0 Å². The number of carbonyl (C=O) groups excluding carboxylic acids is 1. The summed E-state index contributed by atoms with van der Waals surface area (Å²) in [6.45, 7) is 8.34. The highest BCUT2D eigenvalue weighted by atomic mass is 16.5. The van der Waals surface area contributed by atoms with E-state index in [1.165, 1.54) is 5.56 Å². The van der Waals surface area contributed by atoms with Crippen molar-refractivity contribution < 1.29 is 14.4 Å². The van der Waals surface area contributed by atoms with E-state index < -0.39 is 0 Å². The molecule has 0 atom stereocenters. The smallest absolute Gasteiger partial charge is 0.223 e. The van der Waals surface area contributed by atoms with Gasteiger partial charge in [-0.15, -0.1) is 0 Å². The molecule has 1 aliphatic heterocycles. The highest BCUT2D eigenvalue weighted by Crippen LogP contribution is 2.13. The highest BCUT2D eigenvalue weighted by Gasteiger charge is 2.27. The molecule has 1 aliphatic rings. The van der Waals surface area contributed by atoms with Crippen molar-refractivity contribution in [2.75, 3.05) is 26.7 Å². The number of piperidine rings is 1. The third-order valence-electron chi connectivity index (χ3n) is 4.67. The molecule has 2 rings (SSSR count). The number of quaternary nitrogens is 1. The molecule has 1 aromatic carbocycles. The fourth-order valence-corrected chi connectivity index (χ4v) is 3.16. The number of methoxy groups -OCH3 is 1. The number of nitrogens with one attached hydrogen (secondary N) is 2. The first-order valence-corrected chi connectivity index (χ1v) is 8.82. The van der Waals surface area contributed by atoms with E-state index >= 15 is 0 Å². The van der Waals surface area contributed by atoms with Crippen LogP contribution in [0.1, 0.15) is 38.7 Å². The number of hydrogen-bond donors (Lipinski definition) is 2. The number of likely N-dealkylation sites (tertiary alicyclic amines) is 1. The first-order valence-electron chi connectivity index (χ1n) is 8.82. The molecular weight excluding hydrogens is 288 g/mol. The second-order valence-electron chi connectivity index (χ2n) is 7.03. The van der Waals surface area contributed by atoms with Gasteiger partial charge in [-0.2, -0.15) is 0 Å². The molecule has 2 N–H and O–H groups in total. The van der Waals surface area contributed by atoms with E-state index in [0.717, 1.165) is 51.2 Å². The maximum Gasteiger partial charge on any atom is 0.223 e. The van der Waals surface area contributed by atoms with Gasteiger partial charge in [0, 0.05) is 30.9 Å². The summed E-state index contributed by atoms with van der Waals surface area (Å²) < 4.78 is 5.28. The summed E-state index contributed by atoms with van der Waals surface area (Å²) in [7, 11) is 1.70. The van der Waals surface area contributed by atoms with Gasteiger partial charge in [0.05, 0.1) is 20.2 Å². The van der Waals surface area contributed by atoms with E-state index in [9.17, 15) is 4.79 Å². The highest BCUT2D eigenvalue weighted by molar-refractivity contribution is 5.78. The molecule has 0 spiro atoms. The van der Waals surface area contributed by atoms with Gasteiger partial charge >= 0.3 is 0 Å². The normalized spacial score (nSPS) is 21.2. The van der Waals surface area contributed by atoms with Gasteiger partial charge in [-0.3, -0.25) is 4.79 Å². The van der Waals surface area contributed by atoms with Crippen LogP contribution < -0.4 is 15.0 Å². The van der Waals surface area contributed by atoms with Gasteiger partial charge in [-0.1, -0.05) is 26.0 Å². The molecule has 0 unspecified atom stereocenters. The standard InChI is InChI=1S/C19H30N2O2/c1-15(2)7-10-20-19(22)17-8-11-21(12-9-17)14-16-5-4-6-18(13-16)23-3/h4-6,13,15,17H,7-12,14H2,1-3H3,(H,20,22)/p+1. The number of rotatable bonds is 7. The molecule has 23 heavy (non-hydrogen) atoms. The van der Waals surface area contributed by atoms with Crippen molar-refractivity contribution in [1.29, 1.82) is 0 Å².